The van der Waals surface area contributed by atoms with Crippen LogP contribution in [0.4, 0.5) is 5.69 Å². The van der Waals surface area contributed by atoms with E-state index in [-0.39, 0.29) is 11.8 Å². The maximum Gasteiger partial charge on any atom is 0.230 e. The molecule has 0 aliphatic heterocycles. The number of benzene rings is 1. The van der Waals surface area contributed by atoms with E-state index in [1.807, 2.05) is 41.3 Å². The molecule has 1 aliphatic carbocycles. The first-order valence-electron chi connectivity index (χ1n) is 7.12. The summed E-state index contributed by atoms with van der Waals surface area (Å²) in [7, 11) is 1.63. The van der Waals surface area contributed by atoms with Gasteiger partial charge in [-0.25, -0.2) is 0 Å². The van der Waals surface area contributed by atoms with Gasteiger partial charge in [0.1, 0.15) is 5.75 Å². The minimum absolute atomic E-state index is 0.174. The number of methoxy groups -OCH3 is 1. The van der Waals surface area contributed by atoms with Gasteiger partial charge in [-0.1, -0.05) is 12.1 Å². The van der Waals surface area contributed by atoms with E-state index < -0.39 is 0 Å². The van der Waals surface area contributed by atoms with Crippen molar-refractivity contribution in [2.45, 2.75) is 19.4 Å². The first-order chi connectivity index (χ1) is 10.3. The standard InChI is InChI=1S/C17H18N2O2/c1-21-16-6-2-5-15(10-16)19(17(20)14-7-8-14)12-13-4-3-9-18-11-13/h2-6,9-11,14H,7-8,12H2,1H3. The summed E-state index contributed by atoms with van der Waals surface area (Å²) < 4.78 is 5.26. The monoisotopic (exact) mass is 282 g/mol. The number of nitrogens with zero attached hydrogens (tertiary/aromatic N) is 2. The van der Waals surface area contributed by atoms with E-state index in [0.29, 0.717) is 6.54 Å². The average Bonchev–Trinajstić information content (AvgIpc) is 3.38. The molecule has 1 aromatic heterocycles. The molecule has 1 fully saturated rings. The van der Waals surface area contributed by atoms with Crippen molar-refractivity contribution in [3.8, 4) is 5.75 Å². The summed E-state index contributed by atoms with van der Waals surface area (Å²) in [6, 6.07) is 11.5. The number of aromatic nitrogens is 1. The summed E-state index contributed by atoms with van der Waals surface area (Å²) in [4.78, 5) is 18.5. The Morgan fingerprint density at radius 1 is 1.33 bits per heavy atom. The zero-order valence-corrected chi connectivity index (χ0v) is 12.0. The fourth-order valence-electron chi connectivity index (χ4n) is 2.30. The molecule has 4 nitrogen and oxygen atoms in total. The molecule has 1 heterocycles. The highest BCUT2D eigenvalue weighted by atomic mass is 16.5. The minimum Gasteiger partial charge on any atom is -0.497 e. The lowest BCUT2D eigenvalue weighted by molar-refractivity contribution is -0.119. The highest BCUT2D eigenvalue weighted by Crippen LogP contribution is 2.34. The number of carbonyl (C=O) groups is 1. The Bertz CT molecular complexity index is 624. The molecule has 3 rings (SSSR count). The maximum atomic E-state index is 12.6. The van der Waals surface area contributed by atoms with Gasteiger partial charge in [0, 0.05) is 30.1 Å². The van der Waals surface area contributed by atoms with E-state index in [0.717, 1.165) is 29.8 Å². The van der Waals surface area contributed by atoms with Gasteiger partial charge in [-0.05, 0) is 36.6 Å². The molecule has 0 atom stereocenters. The fraction of sp³-hybridized carbons (Fsp3) is 0.294. The zero-order chi connectivity index (χ0) is 14.7. The molecule has 4 heteroatoms. The van der Waals surface area contributed by atoms with Crippen LogP contribution in [0.3, 0.4) is 0 Å². The van der Waals surface area contributed by atoms with E-state index in [1.165, 1.54) is 0 Å². The lowest BCUT2D eigenvalue weighted by atomic mass is 10.2. The van der Waals surface area contributed by atoms with Crippen LogP contribution >= 0.6 is 0 Å². The van der Waals surface area contributed by atoms with Crippen molar-refractivity contribution in [2.75, 3.05) is 12.0 Å². The molecule has 1 aromatic carbocycles. The van der Waals surface area contributed by atoms with Gasteiger partial charge in [-0.2, -0.15) is 0 Å². The second kappa shape index (κ2) is 5.95. The highest BCUT2D eigenvalue weighted by Gasteiger charge is 2.34. The molecule has 2 aromatic rings. The van der Waals surface area contributed by atoms with Gasteiger partial charge < -0.3 is 9.64 Å². The van der Waals surface area contributed by atoms with Crippen molar-refractivity contribution in [1.82, 2.24) is 4.98 Å². The summed E-state index contributed by atoms with van der Waals surface area (Å²) >= 11 is 0. The third-order valence-corrected chi connectivity index (χ3v) is 3.62. The van der Waals surface area contributed by atoms with Crippen LogP contribution in [-0.2, 0) is 11.3 Å². The van der Waals surface area contributed by atoms with Crippen molar-refractivity contribution in [3.05, 3.63) is 54.4 Å². The molecule has 0 radical (unpaired) electrons. The van der Waals surface area contributed by atoms with Gasteiger partial charge in [0.05, 0.1) is 13.7 Å². The van der Waals surface area contributed by atoms with Crippen LogP contribution in [0.25, 0.3) is 0 Å². The normalized spacial score (nSPS) is 13.8. The Morgan fingerprint density at radius 3 is 2.86 bits per heavy atom. The molecule has 1 saturated carbocycles. The van der Waals surface area contributed by atoms with Crippen LogP contribution in [0.1, 0.15) is 18.4 Å². The van der Waals surface area contributed by atoms with Gasteiger partial charge in [-0.3, -0.25) is 9.78 Å². The fourth-order valence-corrected chi connectivity index (χ4v) is 2.30. The Kier molecular flexibility index (Phi) is 3.86. The number of carbonyl (C=O) groups excluding carboxylic acids is 1. The molecule has 0 saturated heterocycles. The summed E-state index contributed by atoms with van der Waals surface area (Å²) in [6.45, 7) is 0.538. The van der Waals surface area contributed by atoms with E-state index in [9.17, 15) is 4.79 Å². The third-order valence-electron chi connectivity index (χ3n) is 3.62. The summed E-state index contributed by atoms with van der Waals surface area (Å²) in [5.74, 6) is 1.12. The zero-order valence-electron chi connectivity index (χ0n) is 12.0. The maximum absolute atomic E-state index is 12.6. The Balaban J connectivity index is 1.89. The summed E-state index contributed by atoms with van der Waals surface area (Å²) in [5, 5.41) is 0. The number of amides is 1. The van der Waals surface area contributed by atoms with Gasteiger partial charge >= 0.3 is 0 Å². The average molecular weight is 282 g/mol. The topological polar surface area (TPSA) is 42.4 Å². The van der Waals surface area contributed by atoms with Crippen molar-refractivity contribution >= 4 is 11.6 Å². The van der Waals surface area contributed by atoms with Crippen LogP contribution in [0.2, 0.25) is 0 Å². The molecule has 0 spiro atoms. The SMILES string of the molecule is COc1cccc(N(Cc2cccnc2)C(=O)C2CC2)c1. The number of hydrogen-bond acceptors (Lipinski definition) is 3. The Morgan fingerprint density at radius 2 is 2.19 bits per heavy atom. The third kappa shape index (κ3) is 3.21. The molecule has 0 bridgehead atoms. The first-order valence-corrected chi connectivity index (χ1v) is 7.12. The molecule has 21 heavy (non-hydrogen) atoms. The number of pyridine rings is 1. The summed E-state index contributed by atoms with van der Waals surface area (Å²) in [6.07, 6.45) is 5.52. The van der Waals surface area contributed by atoms with Gasteiger partial charge in [0.25, 0.3) is 0 Å². The Hall–Kier alpha value is -2.36. The first kappa shape index (κ1) is 13.6. The minimum atomic E-state index is 0.174. The van der Waals surface area contributed by atoms with Crippen molar-refractivity contribution < 1.29 is 9.53 Å². The second-order valence-corrected chi connectivity index (χ2v) is 5.26. The number of rotatable bonds is 5. The smallest absolute Gasteiger partial charge is 0.230 e. The molecule has 0 unspecified atom stereocenters. The van der Waals surface area contributed by atoms with Crippen molar-refractivity contribution in [2.24, 2.45) is 5.92 Å². The second-order valence-electron chi connectivity index (χ2n) is 5.26. The molecule has 1 aliphatic rings. The van der Waals surface area contributed by atoms with E-state index in [2.05, 4.69) is 4.98 Å². The lowest BCUT2D eigenvalue weighted by Gasteiger charge is -2.23. The summed E-state index contributed by atoms with van der Waals surface area (Å²) in [5.41, 5.74) is 1.89. The Labute approximate surface area is 124 Å². The van der Waals surface area contributed by atoms with E-state index in [4.69, 9.17) is 4.74 Å². The van der Waals surface area contributed by atoms with E-state index >= 15 is 0 Å². The highest BCUT2D eigenvalue weighted by molar-refractivity contribution is 5.96. The molecular formula is C17H18N2O2. The van der Waals surface area contributed by atoms with Gasteiger partial charge in [0.2, 0.25) is 5.91 Å². The lowest BCUT2D eigenvalue weighted by Crippen LogP contribution is -2.31. The number of anilines is 1. The van der Waals surface area contributed by atoms with Crippen LogP contribution in [0.5, 0.6) is 5.75 Å². The van der Waals surface area contributed by atoms with Crippen molar-refractivity contribution in [3.63, 3.8) is 0 Å². The molecular weight excluding hydrogens is 264 g/mol. The van der Waals surface area contributed by atoms with Crippen LogP contribution in [0.15, 0.2) is 48.8 Å². The predicted octanol–water partition coefficient (Wildman–Crippen LogP) is 3.03. The molecule has 0 N–H and O–H groups in total. The quantitative estimate of drug-likeness (QED) is 0.846. The van der Waals surface area contributed by atoms with Crippen LogP contribution < -0.4 is 9.64 Å². The van der Waals surface area contributed by atoms with Crippen molar-refractivity contribution in [1.29, 1.82) is 0 Å². The predicted molar refractivity (Wildman–Crippen MR) is 81.1 cm³/mol. The van der Waals surface area contributed by atoms with Gasteiger partial charge in [0.15, 0.2) is 0 Å². The number of ether oxygens (including phenoxy) is 1. The largest absolute Gasteiger partial charge is 0.497 e. The molecule has 1 amide bonds. The van der Waals surface area contributed by atoms with Crippen LogP contribution in [-0.4, -0.2) is 18.0 Å². The number of hydrogen-bond donors (Lipinski definition) is 0. The van der Waals surface area contributed by atoms with Gasteiger partial charge in [-0.15, -0.1) is 0 Å². The molecule has 108 valence electrons. The van der Waals surface area contributed by atoms with E-state index in [1.54, 1.807) is 19.5 Å². The van der Waals surface area contributed by atoms with Crippen LogP contribution in [0, 0.1) is 5.92 Å².